The molecule has 2 saturated heterocycles. The van der Waals surface area contributed by atoms with Crippen molar-refractivity contribution in [3.05, 3.63) is 59.3 Å². The van der Waals surface area contributed by atoms with E-state index in [1.54, 1.807) is 12.3 Å². The summed E-state index contributed by atoms with van der Waals surface area (Å²) in [5.41, 5.74) is 2.32. The number of carbonyl (C=O) groups is 2. The third kappa shape index (κ3) is 4.65. The Morgan fingerprint density at radius 3 is 2.45 bits per heavy atom. The molecule has 1 aromatic heterocycles. The summed E-state index contributed by atoms with van der Waals surface area (Å²) in [5, 5.41) is 0. The van der Waals surface area contributed by atoms with E-state index in [0.717, 1.165) is 32.5 Å². The highest BCUT2D eigenvalue weighted by Crippen LogP contribution is 2.29. The number of carbonyl (C=O) groups excluding carboxylic acids is 2. The van der Waals surface area contributed by atoms with E-state index in [9.17, 15) is 9.59 Å². The van der Waals surface area contributed by atoms with Crippen molar-refractivity contribution in [2.75, 3.05) is 26.2 Å². The predicted molar refractivity (Wildman–Crippen MR) is 110 cm³/mol. The minimum absolute atomic E-state index is 0.196. The summed E-state index contributed by atoms with van der Waals surface area (Å²) in [5.74, 6) is 0.205. The third-order valence-corrected chi connectivity index (χ3v) is 5.54. The molecule has 0 atom stereocenters. The highest BCUT2D eigenvalue weighted by molar-refractivity contribution is 6.24. The maximum atomic E-state index is 12.4. The van der Waals surface area contributed by atoms with Crippen molar-refractivity contribution in [2.24, 2.45) is 0 Å². The largest absolute Gasteiger partial charge is 0.473 e. The number of amides is 2. The normalized spacial score (nSPS) is 20.1. The lowest BCUT2D eigenvalue weighted by Gasteiger charge is -2.26. The van der Waals surface area contributed by atoms with Gasteiger partial charge >= 0.3 is 0 Å². The van der Waals surface area contributed by atoms with Gasteiger partial charge in [-0.15, -0.1) is 0 Å². The fraction of sp³-hybridized carbons (Fsp3) is 0.435. The van der Waals surface area contributed by atoms with Gasteiger partial charge in [0.25, 0.3) is 11.8 Å². The SMILES string of the molecule is O=C1C2=CCCC=C2C(=O)N1C/C=C\COc1cc(CN2CCCCC2)ccn1. The molecule has 29 heavy (non-hydrogen) atoms. The first kappa shape index (κ1) is 19.6. The summed E-state index contributed by atoms with van der Waals surface area (Å²) in [6.07, 6.45) is 14.6. The Balaban J connectivity index is 1.26. The number of rotatable bonds is 7. The molecule has 0 radical (unpaired) electrons. The molecule has 0 bridgehead atoms. The van der Waals surface area contributed by atoms with Gasteiger partial charge in [0, 0.05) is 36.5 Å². The molecule has 2 aliphatic heterocycles. The molecule has 2 amide bonds. The quantitative estimate of drug-likeness (QED) is 0.526. The first-order valence-corrected chi connectivity index (χ1v) is 10.4. The van der Waals surface area contributed by atoms with Crippen LogP contribution in [0.2, 0.25) is 0 Å². The van der Waals surface area contributed by atoms with Crippen molar-refractivity contribution in [1.29, 1.82) is 0 Å². The standard InChI is InChI=1S/C23H27N3O3/c27-22-19-8-2-3-9-20(19)23(28)26(22)14-6-7-15-29-21-16-18(10-11-24-21)17-25-12-4-1-5-13-25/h6-11,16H,1-5,12-15,17H2/b7-6-. The monoisotopic (exact) mass is 393 g/mol. The van der Waals surface area contributed by atoms with Crippen LogP contribution in [0.25, 0.3) is 0 Å². The van der Waals surface area contributed by atoms with Gasteiger partial charge < -0.3 is 4.74 Å². The van der Waals surface area contributed by atoms with Crippen LogP contribution in [0.5, 0.6) is 5.88 Å². The zero-order valence-electron chi connectivity index (χ0n) is 16.7. The van der Waals surface area contributed by atoms with E-state index >= 15 is 0 Å². The number of nitrogens with zero attached hydrogens (tertiary/aromatic N) is 3. The molecule has 1 aromatic rings. The van der Waals surface area contributed by atoms with E-state index in [-0.39, 0.29) is 18.4 Å². The van der Waals surface area contributed by atoms with Crippen LogP contribution in [0.15, 0.2) is 53.8 Å². The van der Waals surface area contributed by atoms with E-state index in [1.165, 1.54) is 29.7 Å². The zero-order valence-corrected chi connectivity index (χ0v) is 16.7. The lowest BCUT2D eigenvalue weighted by atomic mass is 10.0. The van der Waals surface area contributed by atoms with Crippen molar-refractivity contribution >= 4 is 11.8 Å². The number of likely N-dealkylation sites (tertiary alicyclic amines) is 2. The molecular formula is C23H27N3O3. The van der Waals surface area contributed by atoms with Crippen molar-refractivity contribution < 1.29 is 14.3 Å². The molecule has 6 nitrogen and oxygen atoms in total. The molecule has 0 aromatic carbocycles. The maximum absolute atomic E-state index is 12.4. The van der Waals surface area contributed by atoms with Crippen LogP contribution in [-0.4, -0.2) is 52.8 Å². The molecule has 0 spiro atoms. The lowest BCUT2D eigenvalue weighted by molar-refractivity contribution is -0.135. The number of imide groups is 1. The van der Waals surface area contributed by atoms with Gasteiger partial charge in [0.05, 0.1) is 0 Å². The molecule has 4 rings (SSSR count). The zero-order chi connectivity index (χ0) is 20.1. The van der Waals surface area contributed by atoms with E-state index in [4.69, 9.17) is 4.74 Å². The lowest BCUT2D eigenvalue weighted by Crippen LogP contribution is -2.29. The molecule has 3 heterocycles. The molecule has 3 aliphatic rings. The first-order valence-electron chi connectivity index (χ1n) is 10.4. The molecule has 2 fully saturated rings. The van der Waals surface area contributed by atoms with Crippen LogP contribution in [0.3, 0.4) is 0 Å². The molecule has 152 valence electrons. The van der Waals surface area contributed by atoms with Gasteiger partial charge in [0.1, 0.15) is 6.61 Å². The highest BCUT2D eigenvalue weighted by Gasteiger charge is 2.38. The Kier molecular flexibility index (Phi) is 6.20. The van der Waals surface area contributed by atoms with Crippen molar-refractivity contribution in [1.82, 2.24) is 14.8 Å². The molecule has 0 N–H and O–H groups in total. The van der Waals surface area contributed by atoms with E-state index in [1.807, 2.05) is 30.4 Å². The van der Waals surface area contributed by atoms with Crippen LogP contribution >= 0.6 is 0 Å². The van der Waals surface area contributed by atoms with Gasteiger partial charge in [0.2, 0.25) is 5.88 Å². The molecule has 0 saturated carbocycles. The summed E-state index contributed by atoms with van der Waals surface area (Å²) in [6, 6.07) is 4.02. The van der Waals surface area contributed by atoms with Crippen LogP contribution in [-0.2, 0) is 16.1 Å². The number of hydrogen-bond donors (Lipinski definition) is 0. The minimum Gasteiger partial charge on any atom is -0.473 e. The molecule has 6 heteroatoms. The van der Waals surface area contributed by atoms with Crippen molar-refractivity contribution in [3.63, 3.8) is 0 Å². The average Bonchev–Trinajstić information content (AvgIpc) is 2.99. The smallest absolute Gasteiger partial charge is 0.261 e. The van der Waals surface area contributed by atoms with Crippen LogP contribution in [0, 0.1) is 0 Å². The molecular weight excluding hydrogens is 366 g/mol. The first-order chi connectivity index (χ1) is 14.2. The fourth-order valence-electron chi connectivity index (χ4n) is 4.01. The number of fused-ring (bicyclic) bond motifs is 1. The third-order valence-electron chi connectivity index (χ3n) is 5.54. The van der Waals surface area contributed by atoms with Gasteiger partial charge in [-0.25, -0.2) is 4.98 Å². The van der Waals surface area contributed by atoms with Crippen LogP contribution in [0.1, 0.15) is 37.7 Å². The van der Waals surface area contributed by atoms with Gasteiger partial charge in [-0.2, -0.15) is 0 Å². The molecule has 0 unspecified atom stereocenters. The summed E-state index contributed by atoms with van der Waals surface area (Å²) in [7, 11) is 0. The van der Waals surface area contributed by atoms with Gasteiger partial charge in [-0.05, 0) is 56.5 Å². The van der Waals surface area contributed by atoms with E-state index < -0.39 is 0 Å². The van der Waals surface area contributed by atoms with Crippen LogP contribution in [0.4, 0.5) is 0 Å². The average molecular weight is 393 g/mol. The second kappa shape index (κ2) is 9.18. The number of allylic oxidation sites excluding steroid dienone is 2. The summed E-state index contributed by atoms with van der Waals surface area (Å²) in [6.45, 7) is 3.85. The Hall–Kier alpha value is -2.73. The number of hydrogen-bond acceptors (Lipinski definition) is 5. The Labute approximate surface area is 171 Å². The maximum Gasteiger partial charge on any atom is 0.261 e. The number of ether oxygens (including phenoxy) is 1. The van der Waals surface area contributed by atoms with E-state index in [0.29, 0.717) is 23.6 Å². The van der Waals surface area contributed by atoms with Crippen molar-refractivity contribution in [3.8, 4) is 5.88 Å². The second-order valence-corrected chi connectivity index (χ2v) is 7.66. The fourth-order valence-corrected chi connectivity index (χ4v) is 4.01. The van der Waals surface area contributed by atoms with E-state index in [2.05, 4.69) is 9.88 Å². The topological polar surface area (TPSA) is 62.7 Å². The van der Waals surface area contributed by atoms with Gasteiger partial charge in [-0.3, -0.25) is 19.4 Å². The minimum atomic E-state index is -0.196. The Morgan fingerprint density at radius 2 is 1.72 bits per heavy atom. The summed E-state index contributed by atoms with van der Waals surface area (Å²) < 4.78 is 5.72. The second-order valence-electron chi connectivity index (χ2n) is 7.66. The number of aromatic nitrogens is 1. The summed E-state index contributed by atoms with van der Waals surface area (Å²) >= 11 is 0. The number of pyridine rings is 1. The Morgan fingerprint density at radius 1 is 1.00 bits per heavy atom. The predicted octanol–water partition coefficient (Wildman–Crippen LogP) is 3.02. The molecule has 1 aliphatic carbocycles. The summed E-state index contributed by atoms with van der Waals surface area (Å²) in [4.78, 5) is 32.7. The number of piperidine rings is 1. The van der Waals surface area contributed by atoms with Crippen LogP contribution < -0.4 is 4.74 Å². The van der Waals surface area contributed by atoms with Crippen molar-refractivity contribution in [2.45, 2.75) is 38.6 Å². The van der Waals surface area contributed by atoms with Gasteiger partial charge in [-0.1, -0.05) is 24.6 Å². The highest BCUT2D eigenvalue weighted by atomic mass is 16.5. The Bertz CT molecular complexity index is 834. The van der Waals surface area contributed by atoms with Gasteiger partial charge in [0.15, 0.2) is 0 Å².